The number of rotatable bonds is 6. The molecule has 138 valence electrons. The quantitative estimate of drug-likeness (QED) is 0.558. The number of benzene rings is 1. The van der Waals surface area contributed by atoms with E-state index < -0.39 is 0 Å². The van der Waals surface area contributed by atoms with Gasteiger partial charge in [-0.1, -0.05) is 0 Å². The molecule has 0 aliphatic heterocycles. The van der Waals surface area contributed by atoms with Gasteiger partial charge in [0.2, 0.25) is 5.91 Å². The van der Waals surface area contributed by atoms with E-state index in [1.807, 2.05) is 50.2 Å². The average Bonchev–Trinajstić information content (AvgIpc) is 3.40. The number of hydrogen-bond acceptors (Lipinski definition) is 6. The molecule has 0 bridgehead atoms. The van der Waals surface area contributed by atoms with E-state index >= 15 is 0 Å². The van der Waals surface area contributed by atoms with E-state index in [2.05, 4.69) is 30.8 Å². The van der Waals surface area contributed by atoms with Crippen LogP contribution in [-0.4, -0.2) is 26.1 Å². The van der Waals surface area contributed by atoms with Gasteiger partial charge >= 0.3 is 0 Å². The molecule has 1 aliphatic rings. The fourth-order valence-corrected chi connectivity index (χ4v) is 3.38. The fourth-order valence-electron chi connectivity index (χ4n) is 2.57. The first-order valence-corrected chi connectivity index (χ1v) is 9.60. The standard InChI is InChI=1S/C19H20N6OS/c1-11-9-16(22-17-10-12(2)24-25-17)23-19(20-11)27-15-7-5-14(6-8-15)21-18(26)13-3-4-13/h5-10,13H,3-4H2,1-2H3,(H,21,26)(H2,20,22,23,24,25). The van der Waals surface area contributed by atoms with Gasteiger partial charge in [-0.25, -0.2) is 9.97 Å². The number of nitrogens with one attached hydrogen (secondary N) is 3. The number of aromatic nitrogens is 4. The number of carbonyl (C=O) groups is 1. The molecule has 3 aromatic rings. The van der Waals surface area contributed by atoms with Crippen LogP contribution in [0, 0.1) is 19.8 Å². The second-order valence-corrected chi connectivity index (χ2v) is 7.67. The second-order valence-electron chi connectivity index (χ2n) is 6.63. The maximum absolute atomic E-state index is 11.8. The van der Waals surface area contributed by atoms with Crippen molar-refractivity contribution in [2.75, 3.05) is 10.6 Å². The summed E-state index contributed by atoms with van der Waals surface area (Å²) >= 11 is 1.47. The Labute approximate surface area is 161 Å². The number of anilines is 3. The van der Waals surface area contributed by atoms with Gasteiger partial charge in [0.25, 0.3) is 0 Å². The Morgan fingerprint density at radius 1 is 1.11 bits per heavy atom. The van der Waals surface area contributed by atoms with Gasteiger partial charge in [0, 0.05) is 40.0 Å². The number of aromatic amines is 1. The SMILES string of the molecule is Cc1cc(Nc2cc(C)[nH]n2)nc(Sc2ccc(NC(=O)C3CC3)cc2)n1. The van der Waals surface area contributed by atoms with Crippen molar-refractivity contribution >= 4 is 35.0 Å². The third-order valence-electron chi connectivity index (χ3n) is 4.07. The van der Waals surface area contributed by atoms with Crippen molar-refractivity contribution in [2.45, 2.75) is 36.7 Å². The molecule has 1 amide bonds. The van der Waals surface area contributed by atoms with Crippen LogP contribution >= 0.6 is 11.8 Å². The summed E-state index contributed by atoms with van der Waals surface area (Å²) in [4.78, 5) is 21.9. The van der Waals surface area contributed by atoms with E-state index in [0.29, 0.717) is 11.0 Å². The maximum atomic E-state index is 11.8. The fraction of sp³-hybridized carbons (Fsp3) is 0.263. The predicted molar refractivity (Wildman–Crippen MR) is 105 cm³/mol. The van der Waals surface area contributed by atoms with Gasteiger partial charge in [-0.2, -0.15) is 5.10 Å². The Kier molecular flexibility index (Phi) is 4.81. The smallest absolute Gasteiger partial charge is 0.227 e. The second kappa shape index (κ2) is 7.40. The lowest BCUT2D eigenvalue weighted by molar-refractivity contribution is -0.117. The van der Waals surface area contributed by atoms with E-state index in [4.69, 9.17) is 0 Å². The summed E-state index contributed by atoms with van der Waals surface area (Å²) in [5, 5.41) is 13.8. The lowest BCUT2D eigenvalue weighted by Crippen LogP contribution is -2.12. The molecular formula is C19H20N6OS. The minimum atomic E-state index is 0.113. The van der Waals surface area contributed by atoms with Gasteiger partial charge < -0.3 is 10.6 Å². The molecule has 7 nitrogen and oxygen atoms in total. The van der Waals surface area contributed by atoms with Crippen LogP contribution in [0.1, 0.15) is 24.2 Å². The molecule has 1 aromatic carbocycles. The first-order valence-electron chi connectivity index (χ1n) is 8.79. The molecule has 3 N–H and O–H groups in total. The van der Waals surface area contributed by atoms with E-state index in [9.17, 15) is 4.79 Å². The largest absolute Gasteiger partial charge is 0.326 e. The highest BCUT2D eigenvalue weighted by Crippen LogP contribution is 2.31. The van der Waals surface area contributed by atoms with Crippen molar-refractivity contribution in [3.63, 3.8) is 0 Å². The average molecular weight is 380 g/mol. The van der Waals surface area contributed by atoms with Crippen LogP contribution in [0.3, 0.4) is 0 Å². The van der Waals surface area contributed by atoms with E-state index in [1.165, 1.54) is 11.8 Å². The zero-order valence-electron chi connectivity index (χ0n) is 15.1. The normalized spacial score (nSPS) is 13.4. The van der Waals surface area contributed by atoms with Gasteiger partial charge in [0.15, 0.2) is 11.0 Å². The van der Waals surface area contributed by atoms with Gasteiger partial charge in [0.05, 0.1) is 0 Å². The number of carbonyl (C=O) groups excluding carboxylic acids is 1. The lowest BCUT2D eigenvalue weighted by Gasteiger charge is -2.08. The molecule has 1 fully saturated rings. The zero-order chi connectivity index (χ0) is 18.8. The van der Waals surface area contributed by atoms with Gasteiger partial charge in [-0.3, -0.25) is 9.89 Å². The topological polar surface area (TPSA) is 95.6 Å². The number of hydrogen-bond donors (Lipinski definition) is 3. The lowest BCUT2D eigenvalue weighted by atomic mass is 10.3. The minimum absolute atomic E-state index is 0.113. The molecular weight excluding hydrogens is 360 g/mol. The number of amides is 1. The Morgan fingerprint density at radius 3 is 2.56 bits per heavy atom. The van der Waals surface area contributed by atoms with Gasteiger partial charge in [-0.05, 0) is 62.7 Å². The summed E-state index contributed by atoms with van der Waals surface area (Å²) in [5.74, 6) is 1.73. The highest BCUT2D eigenvalue weighted by Gasteiger charge is 2.29. The first kappa shape index (κ1) is 17.5. The summed E-state index contributed by atoms with van der Waals surface area (Å²) in [7, 11) is 0. The number of aryl methyl sites for hydroxylation is 2. The van der Waals surface area contributed by atoms with Crippen molar-refractivity contribution in [1.82, 2.24) is 20.2 Å². The maximum Gasteiger partial charge on any atom is 0.227 e. The zero-order valence-corrected chi connectivity index (χ0v) is 15.9. The molecule has 2 heterocycles. The molecule has 0 unspecified atom stereocenters. The molecule has 4 rings (SSSR count). The van der Waals surface area contributed by atoms with E-state index in [-0.39, 0.29) is 11.8 Å². The monoisotopic (exact) mass is 380 g/mol. The van der Waals surface area contributed by atoms with Crippen LogP contribution in [0.4, 0.5) is 17.3 Å². The summed E-state index contributed by atoms with van der Waals surface area (Å²) in [6.45, 7) is 3.88. The highest BCUT2D eigenvalue weighted by atomic mass is 32.2. The van der Waals surface area contributed by atoms with Crippen LogP contribution in [-0.2, 0) is 4.79 Å². The van der Waals surface area contributed by atoms with Crippen molar-refractivity contribution in [3.8, 4) is 0 Å². The summed E-state index contributed by atoms with van der Waals surface area (Å²) in [6, 6.07) is 11.5. The van der Waals surface area contributed by atoms with Crippen LogP contribution in [0.2, 0.25) is 0 Å². The number of H-pyrrole nitrogens is 1. The number of nitrogens with zero attached hydrogens (tertiary/aromatic N) is 3. The Bertz CT molecular complexity index is 965. The van der Waals surface area contributed by atoms with Crippen LogP contribution in [0.5, 0.6) is 0 Å². The van der Waals surface area contributed by atoms with E-state index in [0.717, 1.165) is 40.6 Å². The van der Waals surface area contributed by atoms with Crippen molar-refractivity contribution in [2.24, 2.45) is 5.92 Å². The minimum Gasteiger partial charge on any atom is -0.326 e. The Morgan fingerprint density at radius 2 is 1.89 bits per heavy atom. The predicted octanol–water partition coefficient (Wildman–Crippen LogP) is 4.06. The summed E-state index contributed by atoms with van der Waals surface area (Å²) < 4.78 is 0. The molecule has 0 saturated heterocycles. The molecule has 8 heteroatoms. The van der Waals surface area contributed by atoms with Crippen LogP contribution < -0.4 is 10.6 Å². The van der Waals surface area contributed by atoms with Crippen molar-refractivity contribution in [1.29, 1.82) is 0 Å². The first-order chi connectivity index (χ1) is 13.0. The third-order valence-corrected chi connectivity index (χ3v) is 4.95. The third kappa shape index (κ3) is 4.65. The van der Waals surface area contributed by atoms with Gasteiger partial charge in [-0.15, -0.1) is 0 Å². The summed E-state index contributed by atoms with van der Waals surface area (Å²) in [6.07, 6.45) is 2.00. The molecule has 0 radical (unpaired) electrons. The molecule has 1 aliphatic carbocycles. The molecule has 0 atom stereocenters. The molecule has 27 heavy (non-hydrogen) atoms. The Balaban J connectivity index is 1.44. The van der Waals surface area contributed by atoms with Gasteiger partial charge in [0.1, 0.15) is 5.82 Å². The van der Waals surface area contributed by atoms with E-state index in [1.54, 1.807) is 0 Å². The molecule has 0 spiro atoms. The van der Waals surface area contributed by atoms with Crippen molar-refractivity contribution < 1.29 is 4.79 Å². The van der Waals surface area contributed by atoms with Crippen molar-refractivity contribution in [3.05, 3.63) is 47.8 Å². The molecule has 2 aromatic heterocycles. The Hall–Kier alpha value is -2.87. The summed E-state index contributed by atoms with van der Waals surface area (Å²) in [5.41, 5.74) is 2.67. The highest BCUT2D eigenvalue weighted by molar-refractivity contribution is 7.99. The van der Waals surface area contributed by atoms with Crippen LogP contribution in [0.25, 0.3) is 0 Å². The van der Waals surface area contributed by atoms with Crippen LogP contribution in [0.15, 0.2) is 46.5 Å². The molecule has 1 saturated carbocycles.